The van der Waals surface area contributed by atoms with Crippen LogP contribution in [-0.4, -0.2) is 54.8 Å². The molecule has 0 aromatic heterocycles. The number of nitrogens with two attached hydrogens (primary N) is 1. The number of primary amides is 1. The maximum absolute atomic E-state index is 14.2. The van der Waals surface area contributed by atoms with Gasteiger partial charge >= 0.3 is 0 Å². The van der Waals surface area contributed by atoms with Crippen molar-refractivity contribution in [3.8, 4) is 0 Å². The van der Waals surface area contributed by atoms with Crippen LogP contribution in [0.2, 0.25) is 5.02 Å². The number of nitrogens with zero attached hydrogens (tertiary/aromatic N) is 2. The Balaban J connectivity index is 1.37. The van der Waals surface area contributed by atoms with E-state index in [-0.39, 0.29) is 23.9 Å². The fraction of sp³-hybridized carbons (Fsp3) is 0.516. The van der Waals surface area contributed by atoms with Crippen LogP contribution in [0.15, 0.2) is 48.5 Å². The molecular weight excluding hydrogens is 512 g/mol. The van der Waals surface area contributed by atoms with Crippen molar-refractivity contribution < 1.29 is 14.4 Å². The molecule has 208 valence electrons. The minimum Gasteiger partial charge on any atom is -0.369 e. The zero-order valence-electron chi connectivity index (χ0n) is 23.1. The quantitative estimate of drug-likeness (QED) is 0.543. The molecule has 2 aliphatic heterocycles. The first-order valence-electron chi connectivity index (χ1n) is 14.0. The highest BCUT2D eigenvalue weighted by Gasteiger charge is 2.53. The molecule has 0 radical (unpaired) electrons. The summed E-state index contributed by atoms with van der Waals surface area (Å²) in [6.07, 6.45) is 3.76. The SMILES string of the molecule is CNC1CCC(C(N)=O)([C@H](Cc2ccc(Cl)cc2)C(=O)N2CCC(N3C(=O)C(C)(C)c4ccccc43)CC2)C1. The topological polar surface area (TPSA) is 95.7 Å². The molecule has 3 aliphatic rings. The summed E-state index contributed by atoms with van der Waals surface area (Å²) in [6, 6.07) is 15.7. The lowest BCUT2D eigenvalue weighted by molar-refractivity contribution is -0.148. The molecule has 2 aromatic rings. The number of benzene rings is 2. The van der Waals surface area contributed by atoms with Gasteiger partial charge in [-0.25, -0.2) is 0 Å². The van der Waals surface area contributed by atoms with Gasteiger partial charge in [0.1, 0.15) is 0 Å². The van der Waals surface area contributed by atoms with Gasteiger partial charge in [-0.15, -0.1) is 0 Å². The van der Waals surface area contributed by atoms with Crippen molar-refractivity contribution in [2.45, 2.75) is 69.9 Å². The van der Waals surface area contributed by atoms with E-state index in [1.54, 1.807) is 0 Å². The van der Waals surface area contributed by atoms with Crippen LogP contribution in [0.4, 0.5) is 5.69 Å². The Hall–Kier alpha value is -2.90. The van der Waals surface area contributed by atoms with E-state index < -0.39 is 22.7 Å². The van der Waals surface area contributed by atoms with Crippen molar-refractivity contribution >= 4 is 35.0 Å². The van der Waals surface area contributed by atoms with Gasteiger partial charge in [0.25, 0.3) is 0 Å². The number of fused-ring (bicyclic) bond motifs is 1. The van der Waals surface area contributed by atoms with Crippen LogP contribution in [0.1, 0.15) is 57.1 Å². The molecule has 1 saturated heterocycles. The number of nitrogens with one attached hydrogen (secondary N) is 1. The fourth-order valence-electron chi connectivity index (χ4n) is 7.07. The number of piperidine rings is 1. The number of hydrogen-bond acceptors (Lipinski definition) is 4. The highest BCUT2D eigenvalue weighted by Crippen LogP contribution is 2.47. The summed E-state index contributed by atoms with van der Waals surface area (Å²) in [5.74, 6) is -0.860. The molecule has 2 heterocycles. The Bertz CT molecular complexity index is 1250. The Morgan fingerprint density at radius 1 is 1.08 bits per heavy atom. The number of rotatable bonds is 7. The summed E-state index contributed by atoms with van der Waals surface area (Å²) in [4.78, 5) is 44.6. The van der Waals surface area contributed by atoms with Crippen LogP contribution in [0.5, 0.6) is 0 Å². The van der Waals surface area contributed by atoms with E-state index in [4.69, 9.17) is 17.3 Å². The smallest absolute Gasteiger partial charge is 0.237 e. The molecule has 7 nitrogen and oxygen atoms in total. The number of likely N-dealkylation sites (tertiary alicyclic amines) is 1. The molecule has 2 fully saturated rings. The number of carbonyl (C=O) groups is 3. The maximum Gasteiger partial charge on any atom is 0.237 e. The van der Waals surface area contributed by atoms with Crippen LogP contribution in [0.25, 0.3) is 0 Å². The summed E-state index contributed by atoms with van der Waals surface area (Å²) in [5.41, 5.74) is 7.61. The summed E-state index contributed by atoms with van der Waals surface area (Å²) in [5, 5.41) is 3.92. The lowest BCUT2D eigenvalue weighted by atomic mass is 9.69. The lowest BCUT2D eigenvalue weighted by Gasteiger charge is -2.42. The van der Waals surface area contributed by atoms with Crippen molar-refractivity contribution in [3.63, 3.8) is 0 Å². The standard InChI is InChI=1S/C31H39ClN4O3/c1-30(2)24-6-4-5-7-26(24)36(29(30)39)23-13-16-35(17-14-23)27(37)25(18-20-8-10-21(32)11-9-20)31(28(33)38)15-12-22(19-31)34-3/h4-11,22-23,25,34H,12-19H2,1-3H3,(H2,33,38)/t22?,25-,31?/m1/s1. The summed E-state index contributed by atoms with van der Waals surface area (Å²) in [6.45, 7) is 5.05. The first kappa shape index (κ1) is 27.7. The van der Waals surface area contributed by atoms with Gasteiger partial charge in [0.2, 0.25) is 17.7 Å². The van der Waals surface area contributed by atoms with E-state index in [2.05, 4.69) is 5.32 Å². The van der Waals surface area contributed by atoms with Crippen molar-refractivity contribution in [2.75, 3.05) is 25.0 Å². The molecule has 3 atom stereocenters. The van der Waals surface area contributed by atoms with Crippen LogP contribution in [0.3, 0.4) is 0 Å². The lowest BCUT2D eigenvalue weighted by Crippen LogP contribution is -2.54. The second kappa shape index (κ2) is 10.6. The average molecular weight is 551 g/mol. The van der Waals surface area contributed by atoms with Gasteiger partial charge in [-0.3, -0.25) is 14.4 Å². The number of carbonyl (C=O) groups excluding carboxylic acids is 3. The number of amides is 3. The first-order chi connectivity index (χ1) is 18.6. The molecule has 3 N–H and O–H groups in total. The molecule has 1 saturated carbocycles. The minimum atomic E-state index is -0.908. The molecule has 3 amide bonds. The Kier molecular flexibility index (Phi) is 7.51. The van der Waals surface area contributed by atoms with E-state index in [9.17, 15) is 14.4 Å². The van der Waals surface area contributed by atoms with Gasteiger partial charge in [0, 0.05) is 35.9 Å². The summed E-state index contributed by atoms with van der Waals surface area (Å²) >= 11 is 6.12. The third kappa shape index (κ3) is 4.84. The van der Waals surface area contributed by atoms with Gasteiger partial charge in [0.05, 0.1) is 16.7 Å². The molecular formula is C31H39ClN4O3. The number of para-hydroxylation sites is 1. The van der Waals surface area contributed by atoms with Crippen molar-refractivity contribution in [3.05, 3.63) is 64.7 Å². The molecule has 0 bridgehead atoms. The molecule has 5 rings (SSSR count). The fourth-order valence-corrected chi connectivity index (χ4v) is 7.20. The Morgan fingerprint density at radius 3 is 2.36 bits per heavy atom. The van der Waals surface area contributed by atoms with Crippen LogP contribution < -0.4 is 16.0 Å². The monoisotopic (exact) mass is 550 g/mol. The van der Waals surface area contributed by atoms with E-state index in [0.717, 1.165) is 23.2 Å². The summed E-state index contributed by atoms with van der Waals surface area (Å²) < 4.78 is 0. The molecule has 1 aliphatic carbocycles. The van der Waals surface area contributed by atoms with Gasteiger partial charge in [0.15, 0.2) is 0 Å². The first-order valence-corrected chi connectivity index (χ1v) is 14.4. The second-order valence-electron chi connectivity index (χ2n) is 12.0. The number of anilines is 1. The normalized spacial score (nSPS) is 25.5. The molecule has 0 spiro atoms. The van der Waals surface area contributed by atoms with Gasteiger partial charge in [-0.05, 0) is 88.7 Å². The zero-order chi connectivity index (χ0) is 27.9. The predicted octanol–water partition coefficient (Wildman–Crippen LogP) is 4.06. The zero-order valence-corrected chi connectivity index (χ0v) is 23.8. The van der Waals surface area contributed by atoms with E-state index in [1.165, 1.54) is 0 Å². The highest BCUT2D eigenvalue weighted by atomic mass is 35.5. The highest BCUT2D eigenvalue weighted by molar-refractivity contribution is 6.30. The molecule has 2 unspecified atom stereocenters. The third-order valence-electron chi connectivity index (χ3n) is 9.50. The number of halogens is 1. The minimum absolute atomic E-state index is 0.0209. The molecule has 39 heavy (non-hydrogen) atoms. The summed E-state index contributed by atoms with van der Waals surface area (Å²) in [7, 11) is 1.89. The van der Waals surface area contributed by atoms with Crippen molar-refractivity contribution in [2.24, 2.45) is 17.1 Å². The Labute approximate surface area is 236 Å². The van der Waals surface area contributed by atoms with Crippen LogP contribution in [-0.2, 0) is 26.2 Å². The van der Waals surface area contributed by atoms with E-state index >= 15 is 0 Å². The molecule has 8 heteroatoms. The Morgan fingerprint density at radius 2 is 1.74 bits per heavy atom. The van der Waals surface area contributed by atoms with Crippen molar-refractivity contribution in [1.82, 2.24) is 10.2 Å². The van der Waals surface area contributed by atoms with Crippen LogP contribution in [0, 0.1) is 11.3 Å². The molecule has 2 aromatic carbocycles. The van der Waals surface area contributed by atoms with Crippen LogP contribution >= 0.6 is 11.6 Å². The number of hydrogen-bond donors (Lipinski definition) is 2. The van der Waals surface area contributed by atoms with Crippen molar-refractivity contribution in [1.29, 1.82) is 0 Å². The average Bonchev–Trinajstić information content (AvgIpc) is 3.46. The largest absolute Gasteiger partial charge is 0.369 e. The maximum atomic E-state index is 14.2. The van der Waals surface area contributed by atoms with E-state index in [0.29, 0.717) is 50.2 Å². The predicted molar refractivity (Wildman–Crippen MR) is 154 cm³/mol. The third-order valence-corrected chi connectivity index (χ3v) is 9.75. The van der Waals surface area contributed by atoms with Gasteiger partial charge in [-0.1, -0.05) is 41.9 Å². The van der Waals surface area contributed by atoms with E-state index in [1.807, 2.05) is 79.2 Å². The van der Waals surface area contributed by atoms with Gasteiger partial charge in [-0.2, -0.15) is 0 Å². The van der Waals surface area contributed by atoms with Gasteiger partial charge < -0.3 is 20.9 Å². The second-order valence-corrected chi connectivity index (χ2v) is 12.4.